The second-order valence-corrected chi connectivity index (χ2v) is 4.73. The van der Waals surface area contributed by atoms with Gasteiger partial charge in [0, 0.05) is 0 Å². The summed E-state index contributed by atoms with van der Waals surface area (Å²) in [5, 5.41) is 0. The van der Waals surface area contributed by atoms with Crippen molar-refractivity contribution in [3.05, 3.63) is 18.2 Å². The van der Waals surface area contributed by atoms with Gasteiger partial charge in [0.1, 0.15) is 17.3 Å². The Hall–Kier alpha value is -1.31. The van der Waals surface area contributed by atoms with Crippen molar-refractivity contribution in [2.75, 3.05) is 13.0 Å². The van der Waals surface area contributed by atoms with E-state index in [2.05, 4.69) is 4.99 Å². The minimum absolute atomic E-state index is 0.000737. The number of hydrogen-bond donors (Lipinski definition) is 2. The molecule has 3 N–H and O–H groups in total. The maximum atomic E-state index is 10.9. The van der Waals surface area contributed by atoms with Crippen LogP contribution in [0.25, 0.3) is 0 Å². The van der Waals surface area contributed by atoms with Gasteiger partial charge in [-0.05, 0) is 18.2 Å². The van der Waals surface area contributed by atoms with E-state index in [4.69, 9.17) is 26.6 Å². The molecule has 17 heavy (non-hydrogen) atoms. The summed E-state index contributed by atoms with van der Waals surface area (Å²) in [4.78, 5) is 3.59. The van der Waals surface area contributed by atoms with E-state index in [0.29, 0.717) is 5.75 Å². The lowest BCUT2D eigenvalue weighted by molar-refractivity contribution is 0.415. The lowest BCUT2D eigenvalue weighted by Gasteiger charge is -2.06. The zero-order valence-electron chi connectivity index (χ0n) is 8.92. The predicted molar refractivity (Wildman–Crippen MR) is 64.8 cm³/mol. The summed E-state index contributed by atoms with van der Waals surface area (Å²) in [5.41, 5.74) is 5.62. The van der Waals surface area contributed by atoms with Crippen LogP contribution in [0.1, 0.15) is 0 Å². The third kappa shape index (κ3) is 3.58. The predicted octanol–water partition coefficient (Wildman–Crippen LogP) is 1.17. The monoisotopic (exact) mass is 278 g/mol. The zero-order valence-corrected chi connectivity index (χ0v) is 10.5. The second kappa shape index (κ2) is 5.35. The van der Waals surface area contributed by atoms with Gasteiger partial charge >= 0.3 is 0 Å². The van der Waals surface area contributed by atoms with Crippen LogP contribution in [0.3, 0.4) is 0 Å². The first-order valence-corrected chi connectivity index (χ1v) is 6.40. The Morgan fingerprint density at radius 1 is 1.59 bits per heavy atom. The highest BCUT2D eigenvalue weighted by atomic mass is 35.5. The molecular weight excluding hydrogens is 268 g/mol. The number of rotatable bonds is 4. The normalized spacial score (nSPS) is 12.5. The molecule has 94 valence electrons. The highest BCUT2D eigenvalue weighted by molar-refractivity contribution is 7.85. The Bertz CT molecular complexity index is 542. The summed E-state index contributed by atoms with van der Waals surface area (Å²) in [6, 6.07) is 3.71. The van der Waals surface area contributed by atoms with Gasteiger partial charge < -0.3 is 10.5 Å². The molecule has 0 bridgehead atoms. The lowest BCUT2D eigenvalue weighted by atomic mass is 10.3. The van der Waals surface area contributed by atoms with E-state index >= 15 is 0 Å². The Morgan fingerprint density at radius 3 is 2.71 bits per heavy atom. The Morgan fingerprint density at radius 2 is 2.24 bits per heavy atom. The van der Waals surface area contributed by atoms with Gasteiger partial charge in [-0.25, -0.2) is 4.99 Å². The van der Waals surface area contributed by atoms with Crippen molar-refractivity contribution in [3.8, 4) is 5.75 Å². The number of halogens is 1. The van der Waals surface area contributed by atoms with Crippen LogP contribution < -0.4 is 10.5 Å². The molecule has 0 aliphatic carbocycles. The maximum absolute atomic E-state index is 10.9. The van der Waals surface area contributed by atoms with Crippen LogP contribution in [0.15, 0.2) is 28.1 Å². The molecule has 0 heterocycles. The topological polar surface area (TPSA) is 102 Å². The van der Waals surface area contributed by atoms with Gasteiger partial charge in [-0.1, -0.05) is 0 Å². The van der Waals surface area contributed by atoms with E-state index in [-0.39, 0.29) is 22.3 Å². The quantitative estimate of drug-likeness (QED) is 0.372. The summed E-state index contributed by atoms with van der Waals surface area (Å²) >= 11 is 5.46. The third-order valence-electron chi connectivity index (χ3n) is 1.85. The number of aliphatic imine (C=N–C) groups is 1. The van der Waals surface area contributed by atoms with Crippen LogP contribution in [0.5, 0.6) is 5.75 Å². The number of nitrogens with zero attached hydrogens (tertiary/aromatic N) is 1. The molecule has 0 unspecified atom stereocenters. The van der Waals surface area contributed by atoms with Crippen molar-refractivity contribution >= 4 is 33.2 Å². The van der Waals surface area contributed by atoms with Gasteiger partial charge in [-0.15, -0.1) is 11.6 Å². The largest absolute Gasteiger partial charge is 0.494 e. The average Bonchev–Trinajstić information content (AvgIpc) is 2.27. The molecule has 0 spiro atoms. The molecule has 0 aliphatic heterocycles. The maximum Gasteiger partial charge on any atom is 0.294 e. The Balaban J connectivity index is 3.35. The number of benzene rings is 1. The Labute approximate surface area is 104 Å². The van der Waals surface area contributed by atoms with Gasteiger partial charge in [0.15, 0.2) is 0 Å². The van der Waals surface area contributed by atoms with Crippen LogP contribution in [0, 0.1) is 0 Å². The smallest absolute Gasteiger partial charge is 0.294 e. The molecule has 0 fully saturated rings. The minimum atomic E-state index is -4.29. The summed E-state index contributed by atoms with van der Waals surface area (Å²) in [6.45, 7) is 0. The summed E-state index contributed by atoms with van der Waals surface area (Å²) in [7, 11) is -2.89. The van der Waals surface area contributed by atoms with E-state index in [0.717, 1.165) is 6.07 Å². The van der Waals surface area contributed by atoms with Crippen molar-refractivity contribution < 1.29 is 17.7 Å². The number of ether oxygens (including phenoxy) is 1. The van der Waals surface area contributed by atoms with Gasteiger partial charge in [-0.2, -0.15) is 8.42 Å². The summed E-state index contributed by atoms with van der Waals surface area (Å²) in [5.74, 6) is 0.433. The Kier molecular flexibility index (Phi) is 4.33. The number of alkyl halides is 1. The molecule has 1 rings (SSSR count). The summed E-state index contributed by atoms with van der Waals surface area (Å²) in [6.07, 6.45) is 0. The van der Waals surface area contributed by atoms with Gasteiger partial charge in [0.25, 0.3) is 10.1 Å². The van der Waals surface area contributed by atoms with Crippen molar-refractivity contribution in [1.29, 1.82) is 0 Å². The SMILES string of the molecule is COc1ccc(S(=O)(=O)O)cc1N=C(N)CCl. The number of hydrogen-bond acceptors (Lipinski definition) is 4. The summed E-state index contributed by atoms with van der Waals surface area (Å²) < 4.78 is 35.8. The molecule has 6 nitrogen and oxygen atoms in total. The molecule has 0 aliphatic rings. The molecule has 0 aromatic heterocycles. The zero-order chi connectivity index (χ0) is 13.1. The molecule has 0 saturated heterocycles. The highest BCUT2D eigenvalue weighted by Gasteiger charge is 2.13. The van der Waals surface area contributed by atoms with Crippen LogP contribution >= 0.6 is 11.6 Å². The van der Waals surface area contributed by atoms with Gasteiger partial charge in [-0.3, -0.25) is 4.55 Å². The average molecular weight is 279 g/mol. The van der Waals surface area contributed by atoms with Crippen LogP contribution in [-0.2, 0) is 10.1 Å². The first kappa shape index (κ1) is 13.8. The van der Waals surface area contributed by atoms with Crippen LogP contribution in [0.2, 0.25) is 0 Å². The number of methoxy groups -OCH3 is 1. The van der Waals surface area contributed by atoms with E-state index in [1.54, 1.807) is 0 Å². The van der Waals surface area contributed by atoms with E-state index < -0.39 is 10.1 Å². The van der Waals surface area contributed by atoms with Crippen molar-refractivity contribution in [1.82, 2.24) is 0 Å². The fraction of sp³-hybridized carbons (Fsp3) is 0.222. The van der Waals surface area contributed by atoms with Gasteiger partial charge in [0.2, 0.25) is 0 Å². The third-order valence-corrected chi connectivity index (χ3v) is 2.97. The molecule has 0 saturated carbocycles. The molecule has 0 atom stereocenters. The first-order valence-electron chi connectivity index (χ1n) is 4.43. The van der Waals surface area contributed by atoms with Gasteiger partial charge in [0.05, 0.1) is 17.9 Å². The molecular formula is C9H11ClN2O4S. The molecule has 0 amide bonds. The van der Waals surface area contributed by atoms with E-state index in [1.165, 1.54) is 19.2 Å². The van der Waals surface area contributed by atoms with E-state index in [9.17, 15) is 8.42 Å². The molecule has 1 aromatic carbocycles. The van der Waals surface area contributed by atoms with Crippen molar-refractivity contribution in [2.45, 2.75) is 4.90 Å². The lowest BCUT2D eigenvalue weighted by Crippen LogP contribution is -2.12. The number of amidine groups is 1. The molecule has 1 aromatic rings. The standard InChI is InChI=1S/C9H11ClN2O4S/c1-16-8-3-2-6(17(13,14)15)4-7(8)12-9(11)5-10/h2-4H,5H2,1H3,(H2,11,12)(H,13,14,15). The van der Waals surface area contributed by atoms with Crippen molar-refractivity contribution in [3.63, 3.8) is 0 Å². The van der Waals surface area contributed by atoms with Crippen LogP contribution in [-0.4, -0.2) is 31.8 Å². The first-order chi connectivity index (χ1) is 7.88. The molecule has 8 heteroatoms. The van der Waals surface area contributed by atoms with Crippen LogP contribution in [0.4, 0.5) is 5.69 Å². The second-order valence-electron chi connectivity index (χ2n) is 3.05. The molecule has 0 radical (unpaired) electrons. The minimum Gasteiger partial charge on any atom is -0.494 e. The van der Waals surface area contributed by atoms with Crippen molar-refractivity contribution in [2.24, 2.45) is 10.7 Å². The highest BCUT2D eigenvalue weighted by Crippen LogP contribution is 2.30. The fourth-order valence-corrected chi connectivity index (χ4v) is 1.66. The van der Waals surface area contributed by atoms with E-state index in [1.807, 2.05) is 0 Å². The fourth-order valence-electron chi connectivity index (χ4n) is 1.10. The number of nitrogens with two attached hydrogens (primary N) is 1.